The first kappa shape index (κ1) is 12.2. The molecule has 0 saturated carbocycles. The molecule has 0 aliphatic rings. The topological polar surface area (TPSA) is 42.7 Å². The van der Waals surface area contributed by atoms with Crippen molar-refractivity contribution in [2.24, 2.45) is 0 Å². The normalized spacial score (nSPS) is 10.6. The quantitative estimate of drug-likeness (QED) is 0.798. The number of aromatic nitrogens is 3. The van der Waals surface area contributed by atoms with Gasteiger partial charge in [0, 0.05) is 12.4 Å². The lowest BCUT2D eigenvalue weighted by molar-refractivity contribution is 1.04. The zero-order valence-electron chi connectivity index (χ0n) is 9.95. The minimum Gasteiger partial charge on any atom is -0.377 e. The Hall–Kier alpha value is -1.85. The predicted molar refractivity (Wildman–Crippen MR) is 78.0 cm³/mol. The maximum Gasteiger partial charge on any atom is 0.113 e. The van der Waals surface area contributed by atoms with Gasteiger partial charge in [-0.2, -0.15) is 0 Å². The largest absolute Gasteiger partial charge is 0.377 e. The van der Waals surface area contributed by atoms with Gasteiger partial charge in [0.05, 0.1) is 30.4 Å². The molecule has 0 saturated heterocycles. The first-order valence-electron chi connectivity index (χ1n) is 5.74. The first-order valence-corrected chi connectivity index (χ1v) is 6.94. The highest BCUT2D eigenvalue weighted by atomic mass is 35.5. The minimum atomic E-state index is 0.656. The van der Waals surface area contributed by atoms with Crippen molar-refractivity contribution in [1.82, 2.24) is 14.5 Å². The van der Waals surface area contributed by atoms with E-state index in [0.717, 1.165) is 16.4 Å². The van der Waals surface area contributed by atoms with Gasteiger partial charge in [0.15, 0.2) is 0 Å². The number of hydrogen-bond acceptors (Lipinski definition) is 4. The highest BCUT2D eigenvalue weighted by Gasteiger charge is 2.04. The van der Waals surface area contributed by atoms with Crippen molar-refractivity contribution >= 4 is 28.6 Å². The molecule has 0 amide bonds. The molecule has 19 heavy (non-hydrogen) atoms. The number of imidazole rings is 1. The molecule has 96 valence electrons. The van der Waals surface area contributed by atoms with Gasteiger partial charge in [-0.3, -0.25) is 0 Å². The maximum absolute atomic E-state index is 5.87. The molecule has 0 aliphatic carbocycles. The Morgan fingerprint density at radius 1 is 1.32 bits per heavy atom. The number of halogens is 1. The zero-order valence-corrected chi connectivity index (χ0v) is 11.5. The third-order valence-corrected chi connectivity index (χ3v) is 3.76. The summed E-state index contributed by atoms with van der Waals surface area (Å²) < 4.78 is 2.68. The van der Waals surface area contributed by atoms with Gasteiger partial charge in [0.25, 0.3) is 0 Å². The highest BCUT2D eigenvalue weighted by Crippen LogP contribution is 2.22. The number of nitrogens with one attached hydrogen (secondary N) is 1. The molecule has 6 heteroatoms. The smallest absolute Gasteiger partial charge is 0.113 e. The van der Waals surface area contributed by atoms with Crippen molar-refractivity contribution in [1.29, 1.82) is 0 Å². The second-order valence-corrected chi connectivity index (χ2v) is 5.65. The predicted octanol–water partition coefficient (Wildman–Crippen LogP) is 3.59. The van der Waals surface area contributed by atoms with Crippen LogP contribution in [-0.4, -0.2) is 14.5 Å². The summed E-state index contributed by atoms with van der Waals surface area (Å²) in [5, 5.41) is 4.34. The van der Waals surface area contributed by atoms with Crippen LogP contribution in [0.1, 0.15) is 5.01 Å². The summed E-state index contributed by atoms with van der Waals surface area (Å²) in [6.07, 6.45) is 7.13. The molecule has 1 aromatic carbocycles. The zero-order chi connectivity index (χ0) is 13.1. The van der Waals surface area contributed by atoms with E-state index in [2.05, 4.69) is 15.3 Å². The Morgan fingerprint density at radius 3 is 2.95 bits per heavy atom. The lowest BCUT2D eigenvalue weighted by Crippen LogP contribution is -2.03. The average molecular weight is 291 g/mol. The second kappa shape index (κ2) is 5.42. The number of benzene rings is 1. The Balaban J connectivity index is 1.81. The van der Waals surface area contributed by atoms with E-state index in [0.29, 0.717) is 10.9 Å². The number of nitrogens with zero attached hydrogens (tertiary/aromatic N) is 3. The molecule has 0 aliphatic heterocycles. The Kier molecular flexibility index (Phi) is 3.48. The second-order valence-electron chi connectivity index (χ2n) is 3.90. The lowest BCUT2D eigenvalue weighted by Gasteiger charge is -2.11. The van der Waals surface area contributed by atoms with Gasteiger partial charge in [-0.15, -0.1) is 11.3 Å². The third-order valence-electron chi connectivity index (χ3n) is 2.64. The Bertz CT molecular complexity index is 663. The summed E-state index contributed by atoms with van der Waals surface area (Å²) in [5.41, 5.74) is 2.09. The number of thiazole rings is 1. The molecule has 4 nitrogen and oxygen atoms in total. The lowest BCUT2D eigenvalue weighted by atomic mass is 10.2. The van der Waals surface area contributed by atoms with Crippen LogP contribution in [-0.2, 0) is 6.54 Å². The van der Waals surface area contributed by atoms with E-state index in [1.54, 1.807) is 18.7 Å². The van der Waals surface area contributed by atoms with Crippen molar-refractivity contribution in [2.75, 3.05) is 5.32 Å². The van der Waals surface area contributed by atoms with Gasteiger partial charge in [-0.1, -0.05) is 23.7 Å². The fourth-order valence-corrected chi connectivity index (χ4v) is 2.69. The summed E-state index contributed by atoms with van der Waals surface area (Å²) in [5.74, 6) is 0. The molecule has 3 rings (SSSR count). The number of rotatable bonds is 4. The molecule has 3 aromatic rings. The molecule has 0 fully saturated rings. The van der Waals surface area contributed by atoms with Crippen LogP contribution in [0.25, 0.3) is 5.69 Å². The van der Waals surface area contributed by atoms with Crippen LogP contribution in [0.3, 0.4) is 0 Å². The standard InChI is InChI=1S/C13H11ClN4S/c14-12-7-17-13(19-12)8-16-10-3-1-2-4-11(10)18-6-5-15-9-18/h1-7,9,16H,8H2. The third kappa shape index (κ3) is 2.77. The molecule has 0 atom stereocenters. The van der Waals surface area contributed by atoms with E-state index in [1.807, 2.05) is 35.0 Å². The van der Waals surface area contributed by atoms with Crippen LogP contribution in [0, 0.1) is 0 Å². The van der Waals surface area contributed by atoms with Crippen molar-refractivity contribution in [3.63, 3.8) is 0 Å². The van der Waals surface area contributed by atoms with Gasteiger partial charge in [-0.05, 0) is 12.1 Å². The SMILES string of the molecule is Clc1cnc(CNc2ccccc2-n2ccnc2)s1. The van der Waals surface area contributed by atoms with Crippen LogP contribution in [0.15, 0.2) is 49.2 Å². The Labute approximate surface area is 119 Å². The molecule has 0 radical (unpaired) electrons. The van der Waals surface area contributed by atoms with Crippen LogP contribution in [0.2, 0.25) is 4.34 Å². The molecular formula is C13H11ClN4S. The summed E-state index contributed by atoms with van der Waals surface area (Å²) >= 11 is 7.35. The average Bonchev–Trinajstić information content (AvgIpc) is 3.08. The molecule has 2 heterocycles. The molecule has 1 N–H and O–H groups in total. The summed E-state index contributed by atoms with van der Waals surface area (Å²) in [6.45, 7) is 0.656. The van der Waals surface area contributed by atoms with Gasteiger partial charge in [0.1, 0.15) is 9.34 Å². The molecule has 0 unspecified atom stereocenters. The van der Waals surface area contributed by atoms with Gasteiger partial charge in [-0.25, -0.2) is 9.97 Å². The van der Waals surface area contributed by atoms with E-state index in [-0.39, 0.29) is 0 Å². The summed E-state index contributed by atoms with van der Waals surface area (Å²) in [6, 6.07) is 8.07. The van der Waals surface area contributed by atoms with E-state index < -0.39 is 0 Å². The molecule has 0 spiro atoms. The minimum absolute atomic E-state index is 0.656. The van der Waals surface area contributed by atoms with E-state index >= 15 is 0 Å². The van der Waals surface area contributed by atoms with Crippen molar-refractivity contribution in [3.05, 3.63) is 58.5 Å². The van der Waals surface area contributed by atoms with Gasteiger partial charge >= 0.3 is 0 Å². The monoisotopic (exact) mass is 290 g/mol. The van der Waals surface area contributed by atoms with E-state index in [1.165, 1.54) is 11.3 Å². The van der Waals surface area contributed by atoms with E-state index in [4.69, 9.17) is 11.6 Å². The summed E-state index contributed by atoms with van der Waals surface area (Å²) in [7, 11) is 0. The molecular weight excluding hydrogens is 280 g/mol. The van der Waals surface area contributed by atoms with Gasteiger partial charge in [0.2, 0.25) is 0 Å². The highest BCUT2D eigenvalue weighted by molar-refractivity contribution is 7.15. The molecule has 0 bridgehead atoms. The number of anilines is 1. The van der Waals surface area contributed by atoms with Crippen LogP contribution >= 0.6 is 22.9 Å². The van der Waals surface area contributed by atoms with Crippen molar-refractivity contribution < 1.29 is 0 Å². The number of hydrogen-bond donors (Lipinski definition) is 1. The maximum atomic E-state index is 5.87. The fraction of sp³-hybridized carbons (Fsp3) is 0.0769. The number of para-hydroxylation sites is 2. The fourth-order valence-electron chi connectivity index (χ4n) is 1.79. The molecule has 2 aromatic heterocycles. The van der Waals surface area contributed by atoms with Crippen LogP contribution < -0.4 is 5.32 Å². The first-order chi connectivity index (χ1) is 9.33. The van der Waals surface area contributed by atoms with Gasteiger partial charge < -0.3 is 9.88 Å². The Morgan fingerprint density at radius 2 is 2.21 bits per heavy atom. The van der Waals surface area contributed by atoms with Crippen molar-refractivity contribution in [3.8, 4) is 5.69 Å². The van der Waals surface area contributed by atoms with Crippen LogP contribution in [0.5, 0.6) is 0 Å². The van der Waals surface area contributed by atoms with Crippen molar-refractivity contribution in [2.45, 2.75) is 6.54 Å². The van der Waals surface area contributed by atoms with E-state index in [9.17, 15) is 0 Å². The van der Waals surface area contributed by atoms with Crippen LogP contribution in [0.4, 0.5) is 5.69 Å². The summed E-state index contributed by atoms with van der Waals surface area (Å²) in [4.78, 5) is 8.30.